The third-order valence-corrected chi connectivity index (χ3v) is 3.62. The lowest BCUT2D eigenvalue weighted by atomic mass is 9.81. The zero-order chi connectivity index (χ0) is 9.90. The fourth-order valence-electron chi connectivity index (χ4n) is 1.92. The van der Waals surface area contributed by atoms with Crippen LogP contribution >= 0.6 is 15.9 Å². The molecule has 0 saturated heterocycles. The summed E-state index contributed by atoms with van der Waals surface area (Å²) < 4.78 is 36.0. The Hall–Kier alpha value is 0.270. The van der Waals surface area contributed by atoms with Crippen molar-refractivity contribution in [3.8, 4) is 0 Å². The van der Waals surface area contributed by atoms with Gasteiger partial charge in [0, 0.05) is 11.8 Å². The number of hydrogen-bond donors (Lipinski definition) is 0. The molecule has 1 fully saturated rings. The molecule has 1 aliphatic rings. The van der Waals surface area contributed by atoms with Gasteiger partial charge >= 0.3 is 6.18 Å². The van der Waals surface area contributed by atoms with Crippen LogP contribution in [0.4, 0.5) is 13.2 Å². The first-order chi connectivity index (χ1) is 6.01. The summed E-state index contributed by atoms with van der Waals surface area (Å²) in [4.78, 5) is 0. The Balaban J connectivity index is 2.25. The van der Waals surface area contributed by atoms with Crippen molar-refractivity contribution in [3.05, 3.63) is 0 Å². The van der Waals surface area contributed by atoms with Gasteiger partial charge in [-0.15, -0.1) is 0 Å². The van der Waals surface area contributed by atoms with Gasteiger partial charge in [0.2, 0.25) is 0 Å². The van der Waals surface area contributed by atoms with Crippen molar-refractivity contribution in [2.45, 2.75) is 38.3 Å². The van der Waals surface area contributed by atoms with Crippen LogP contribution in [-0.4, -0.2) is 11.5 Å². The smallest absolute Gasteiger partial charge is 0.171 e. The van der Waals surface area contributed by atoms with Gasteiger partial charge < -0.3 is 0 Å². The average molecular weight is 259 g/mol. The molecule has 1 aliphatic carbocycles. The molecular weight excluding hydrogens is 245 g/mol. The number of alkyl halides is 4. The molecule has 13 heavy (non-hydrogen) atoms. The van der Waals surface area contributed by atoms with E-state index in [0.717, 1.165) is 31.0 Å². The van der Waals surface area contributed by atoms with E-state index in [0.29, 0.717) is 5.92 Å². The van der Waals surface area contributed by atoms with Gasteiger partial charge in [0.05, 0.1) is 0 Å². The fourth-order valence-corrected chi connectivity index (χ4v) is 2.56. The molecule has 0 amide bonds. The van der Waals surface area contributed by atoms with E-state index in [1.54, 1.807) is 0 Å². The van der Waals surface area contributed by atoms with Gasteiger partial charge in [-0.3, -0.25) is 0 Å². The predicted molar refractivity (Wildman–Crippen MR) is 49.9 cm³/mol. The maximum Gasteiger partial charge on any atom is 0.389 e. The summed E-state index contributed by atoms with van der Waals surface area (Å²) in [5.74, 6) is 0.486. The molecule has 0 unspecified atom stereocenters. The first-order valence-electron chi connectivity index (χ1n) is 4.64. The highest BCUT2D eigenvalue weighted by Gasteiger charge is 2.33. The molecule has 1 saturated carbocycles. The van der Waals surface area contributed by atoms with Crippen molar-refractivity contribution in [2.75, 3.05) is 5.33 Å². The highest BCUT2D eigenvalue weighted by Crippen LogP contribution is 2.36. The first kappa shape index (κ1) is 11.3. The minimum atomic E-state index is -3.97. The van der Waals surface area contributed by atoms with Gasteiger partial charge in [0.15, 0.2) is 0 Å². The predicted octanol–water partition coefficient (Wildman–Crippen LogP) is 4.14. The maximum atomic E-state index is 12.0. The molecule has 0 nitrogen and oxygen atoms in total. The quantitative estimate of drug-likeness (QED) is 0.654. The molecule has 0 aromatic rings. The number of hydrogen-bond acceptors (Lipinski definition) is 0. The summed E-state index contributed by atoms with van der Waals surface area (Å²) in [6.45, 7) is 0. The second kappa shape index (κ2) is 4.67. The topological polar surface area (TPSA) is 0 Å². The van der Waals surface area contributed by atoms with Crippen LogP contribution < -0.4 is 0 Å². The van der Waals surface area contributed by atoms with E-state index in [4.69, 9.17) is 0 Å². The lowest BCUT2D eigenvalue weighted by Gasteiger charge is -2.27. The van der Waals surface area contributed by atoms with Crippen LogP contribution in [0.2, 0.25) is 0 Å². The largest absolute Gasteiger partial charge is 0.389 e. The lowest BCUT2D eigenvalue weighted by Crippen LogP contribution is -2.21. The minimum Gasteiger partial charge on any atom is -0.171 e. The minimum absolute atomic E-state index is 0.115. The fraction of sp³-hybridized carbons (Fsp3) is 1.00. The average Bonchev–Trinajstić information content (AvgIpc) is 2.03. The van der Waals surface area contributed by atoms with E-state index in [9.17, 15) is 13.2 Å². The van der Waals surface area contributed by atoms with E-state index in [1.807, 2.05) is 0 Å². The van der Waals surface area contributed by atoms with E-state index < -0.39 is 12.6 Å². The molecule has 4 heteroatoms. The molecular formula is C9H14BrF3. The van der Waals surface area contributed by atoms with Crippen LogP contribution in [0.5, 0.6) is 0 Å². The summed E-state index contributed by atoms with van der Waals surface area (Å²) in [6, 6.07) is 0. The normalized spacial score (nSPS) is 30.5. The van der Waals surface area contributed by atoms with Crippen LogP contribution in [-0.2, 0) is 0 Å². The zero-order valence-corrected chi connectivity index (χ0v) is 9.00. The van der Waals surface area contributed by atoms with Crippen molar-refractivity contribution in [3.63, 3.8) is 0 Å². The molecule has 78 valence electrons. The van der Waals surface area contributed by atoms with Crippen molar-refractivity contribution >= 4 is 15.9 Å². The summed E-state index contributed by atoms with van der Waals surface area (Å²) >= 11 is 3.37. The van der Waals surface area contributed by atoms with Gasteiger partial charge in [-0.1, -0.05) is 15.9 Å². The molecule has 0 aliphatic heterocycles. The molecule has 0 radical (unpaired) electrons. The molecule has 0 spiro atoms. The Labute approximate surface area is 85.0 Å². The van der Waals surface area contributed by atoms with Crippen LogP contribution in [0, 0.1) is 11.8 Å². The van der Waals surface area contributed by atoms with Crippen molar-refractivity contribution in [1.29, 1.82) is 0 Å². The first-order valence-corrected chi connectivity index (χ1v) is 5.76. The lowest BCUT2D eigenvalue weighted by molar-refractivity contribution is -0.147. The molecule has 0 N–H and O–H groups in total. The highest BCUT2D eigenvalue weighted by atomic mass is 79.9. The van der Waals surface area contributed by atoms with Crippen LogP contribution in [0.15, 0.2) is 0 Å². The van der Waals surface area contributed by atoms with Crippen LogP contribution in [0.25, 0.3) is 0 Å². The molecule has 0 atom stereocenters. The number of halogens is 4. The molecule has 0 aromatic heterocycles. The molecule has 0 bridgehead atoms. The Morgan fingerprint density at radius 3 is 1.85 bits per heavy atom. The van der Waals surface area contributed by atoms with Crippen LogP contribution in [0.1, 0.15) is 32.1 Å². The van der Waals surface area contributed by atoms with E-state index in [2.05, 4.69) is 15.9 Å². The summed E-state index contributed by atoms with van der Waals surface area (Å²) in [5, 5.41) is 0.936. The maximum absolute atomic E-state index is 12.0. The third-order valence-electron chi connectivity index (χ3n) is 2.70. The third kappa shape index (κ3) is 4.34. The SMILES string of the molecule is FC(F)(F)CC1CCC(CBr)CC1. The van der Waals surface area contributed by atoms with E-state index >= 15 is 0 Å². The van der Waals surface area contributed by atoms with Gasteiger partial charge in [0.25, 0.3) is 0 Å². The Morgan fingerprint density at radius 1 is 1.00 bits per heavy atom. The molecule has 1 rings (SSSR count). The van der Waals surface area contributed by atoms with Crippen molar-refractivity contribution in [1.82, 2.24) is 0 Å². The Morgan fingerprint density at radius 2 is 1.46 bits per heavy atom. The Bertz CT molecular complexity index is 147. The highest BCUT2D eigenvalue weighted by molar-refractivity contribution is 9.09. The number of rotatable bonds is 2. The zero-order valence-electron chi connectivity index (χ0n) is 7.41. The molecule has 0 aromatic carbocycles. The van der Waals surface area contributed by atoms with Crippen molar-refractivity contribution < 1.29 is 13.2 Å². The van der Waals surface area contributed by atoms with Crippen molar-refractivity contribution in [2.24, 2.45) is 11.8 Å². The monoisotopic (exact) mass is 258 g/mol. The standard InChI is InChI=1S/C9H14BrF3/c10-6-8-3-1-7(2-4-8)5-9(11,12)13/h7-8H,1-6H2. The van der Waals surface area contributed by atoms with Gasteiger partial charge in [-0.25, -0.2) is 0 Å². The summed E-state index contributed by atoms with van der Waals surface area (Å²) in [6.07, 6.45) is -1.16. The van der Waals surface area contributed by atoms with Gasteiger partial charge in [-0.05, 0) is 37.5 Å². The van der Waals surface area contributed by atoms with E-state index in [-0.39, 0.29) is 5.92 Å². The second-order valence-corrected chi connectivity index (χ2v) is 4.51. The summed E-state index contributed by atoms with van der Waals surface area (Å²) in [5.41, 5.74) is 0. The Kier molecular flexibility index (Phi) is 4.07. The summed E-state index contributed by atoms with van der Waals surface area (Å²) in [7, 11) is 0. The molecule has 0 heterocycles. The van der Waals surface area contributed by atoms with E-state index in [1.165, 1.54) is 0 Å². The van der Waals surface area contributed by atoms with Gasteiger partial charge in [-0.2, -0.15) is 13.2 Å². The van der Waals surface area contributed by atoms with Gasteiger partial charge in [0.1, 0.15) is 0 Å². The van der Waals surface area contributed by atoms with Crippen LogP contribution in [0.3, 0.4) is 0 Å². The second-order valence-electron chi connectivity index (χ2n) is 3.86.